The van der Waals surface area contributed by atoms with Gasteiger partial charge in [0.2, 0.25) is 5.91 Å². The first-order valence-corrected chi connectivity index (χ1v) is 8.65. The van der Waals surface area contributed by atoms with Gasteiger partial charge in [-0.3, -0.25) is 4.79 Å². The number of amides is 1. The molecule has 1 aliphatic carbocycles. The number of sulfonamides is 1. The number of anilines is 1. The fraction of sp³-hybridized carbons (Fsp3) is 0.235. The van der Waals surface area contributed by atoms with Crippen LogP contribution >= 0.6 is 0 Å². The lowest BCUT2D eigenvalue weighted by Gasteiger charge is -2.22. The summed E-state index contributed by atoms with van der Waals surface area (Å²) in [7, 11) is -3.89. The summed E-state index contributed by atoms with van der Waals surface area (Å²) >= 11 is 0. The minimum absolute atomic E-state index is 0.135. The van der Waals surface area contributed by atoms with Crippen molar-refractivity contribution in [1.29, 1.82) is 0 Å². The second-order valence-electron chi connectivity index (χ2n) is 5.53. The highest BCUT2D eigenvalue weighted by Crippen LogP contribution is 2.35. The summed E-state index contributed by atoms with van der Waals surface area (Å²) in [5.41, 5.74) is 1.36. The van der Waals surface area contributed by atoms with E-state index in [0.29, 0.717) is 5.69 Å². The highest BCUT2D eigenvalue weighted by molar-refractivity contribution is 7.93. The van der Waals surface area contributed by atoms with Gasteiger partial charge >= 0.3 is 0 Å². The molecule has 0 spiro atoms. The predicted molar refractivity (Wildman–Crippen MR) is 85.0 cm³/mol. The van der Waals surface area contributed by atoms with Crippen molar-refractivity contribution < 1.29 is 13.2 Å². The number of hydrogen-bond acceptors (Lipinski definition) is 3. The van der Waals surface area contributed by atoms with E-state index in [2.05, 4.69) is 0 Å². The molecule has 4 nitrogen and oxygen atoms in total. The number of benzene rings is 2. The minimum atomic E-state index is -3.89. The Hall–Kier alpha value is -2.14. The lowest BCUT2D eigenvalue weighted by atomic mass is 10.2. The topological polar surface area (TPSA) is 54.5 Å². The Morgan fingerprint density at radius 2 is 1.59 bits per heavy atom. The Bertz CT molecular complexity index is 778. The average molecular weight is 315 g/mol. The Balaban J connectivity index is 2.08. The molecular formula is C17H17NO3S. The number of carbonyl (C=O) groups excluding carboxylic acids is 1. The van der Waals surface area contributed by atoms with Crippen molar-refractivity contribution in [3.63, 3.8) is 0 Å². The molecule has 0 saturated heterocycles. The Labute approximate surface area is 130 Å². The number of para-hydroxylation sites is 1. The maximum atomic E-state index is 12.9. The molecule has 22 heavy (non-hydrogen) atoms. The van der Waals surface area contributed by atoms with Crippen molar-refractivity contribution >= 4 is 21.6 Å². The first-order valence-electron chi connectivity index (χ1n) is 7.21. The van der Waals surface area contributed by atoms with E-state index in [4.69, 9.17) is 0 Å². The molecule has 0 aromatic heterocycles. The second kappa shape index (κ2) is 5.57. The average Bonchev–Trinajstić information content (AvgIpc) is 3.33. The van der Waals surface area contributed by atoms with E-state index in [0.717, 1.165) is 22.7 Å². The summed E-state index contributed by atoms with van der Waals surface area (Å²) in [5, 5.41) is 0. The van der Waals surface area contributed by atoms with E-state index >= 15 is 0 Å². The van der Waals surface area contributed by atoms with Gasteiger partial charge in [0.05, 0.1) is 10.6 Å². The first-order chi connectivity index (χ1) is 10.5. The monoisotopic (exact) mass is 315 g/mol. The largest absolute Gasteiger partial charge is 0.273 e. The number of hydrogen-bond donors (Lipinski definition) is 0. The molecule has 0 heterocycles. The zero-order valence-electron chi connectivity index (χ0n) is 12.3. The summed E-state index contributed by atoms with van der Waals surface area (Å²) in [4.78, 5) is 12.7. The van der Waals surface area contributed by atoms with E-state index in [9.17, 15) is 13.2 Å². The zero-order chi connectivity index (χ0) is 15.7. The van der Waals surface area contributed by atoms with E-state index in [-0.39, 0.29) is 16.7 Å². The van der Waals surface area contributed by atoms with Crippen molar-refractivity contribution in [2.45, 2.75) is 24.7 Å². The number of aryl methyl sites for hydroxylation is 1. The van der Waals surface area contributed by atoms with E-state index in [1.54, 1.807) is 54.6 Å². The third-order valence-corrected chi connectivity index (χ3v) is 5.42. The molecule has 0 atom stereocenters. The maximum Gasteiger partial charge on any atom is 0.270 e. The van der Waals surface area contributed by atoms with Crippen LogP contribution in [0.5, 0.6) is 0 Å². The lowest BCUT2D eigenvalue weighted by Crippen LogP contribution is -2.38. The second-order valence-corrected chi connectivity index (χ2v) is 7.32. The number of carbonyl (C=O) groups is 1. The summed E-state index contributed by atoms with van der Waals surface area (Å²) < 4.78 is 26.8. The highest BCUT2D eigenvalue weighted by atomic mass is 32.2. The molecule has 5 heteroatoms. The van der Waals surface area contributed by atoms with Crippen molar-refractivity contribution in [2.24, 2.45) is 5.92 Å². The summed E-state index contributed by atoms with van der Waals surface area (Å²) in [6, 6.07) is 15.1. The minimum Gasteiger partial charge on any atom is -0.273 e. The molecule has 0 unspecified atom stereocenters. The Morgan fingerprint density at radius 3 is 2.14 bits per heavy atom. The maximum absolute atomic E-state index is 12.9. The van der Waals surface area contributed by atoms with Gasteiger partial charge in [-0.15, -0.1) is 0 Å². The molecule has 1 aliphatic rings. The first kappa shape index (κ1) is 14.8. The number of nitrogens with zero attached hydrogens (tertiary/aromatic N) is 1. The standard InChI is InChI=1S/C17H17NO3S/c1-13-7-11-16(12-8-13)22(20,21)18(17(19)14-9-10-14)15-5-3-2-4-6-15/h2-8,11-12,14H,9-10H2,1H3. The van der Waals surface area contributed by atoms with Crippen LogP contribution in [0, 0.1) is 12.8 Å². The Morgan fingerprint density at radius 1 is 1.00 bits per heavy atom. The molecule has 0 aliphatic heterocycles. The molecule has 0 N–H and O–H groups in total. The van der Waals surface area contributed by atoms with Gasteiger partial charge in [0.15, 0.2) is 0 Å². The molecule has 0 radical (unpaired) electrons. The van der Waals surface area contributed by atoms with Crippen molar-refractivity contribution in [3.05, 3.63) is 60.2 Å². The lowest BCUT2D eigenvalue weighted by molar-refractivity contribution is -0.118. The van der Waals surface area contributed by atoms with Crippen LogP contribution in [0.1, 0.15) is 18.4 Å². The van der Waals surface area contributed by atoms with Crippen molar-refractivity contribution in [2.75, 3.05) is 4.31 Å². The van der Waals surface area contributed by atoms with Crippen molar-refractivity contribution in [1.82, 2.24) is 0 Å². The predicted octanol–water partition coefficient (Wildman–Crippen LogP) is 3.13. The smallest absolute Gasteiger partial charge is 0.270 e. The number of rotatable bonds is 4. The molecule has 114 valence electrons. The quantitative estimate of drug-likeness (QED) is 0.871. The van der Waals surface area contributed by atoms with E-state index in [1.165, 1.54) is 0 Å². The molecule has 1 amide bonds. The normalized spacial score (nSPS) is 14.6. The summed E-state index contributed by atoms with van der Waals surface area (Å²) in [6.07, 6.45) is 1.51. The molecule has 1 fully saturated rings. The van der Waals surface area contributed by atoms with Crippen LogP contribution in [0.25, 0.3) is 0 Å². The fourth-order valence-electron chi connectivity index (χ4n) is 2.26. The van der Waals surface area contributed by atoms with Crippen LogP contribution in [-0.2, 0) is 14.8 Å². The van der Waals surface area contributed by atoms with Crippen LogP contribution in [0.4, 0.5) is 5.69 Å². The highest BCUT2D eigenvalue weighted by Gasteiger charge is 2.40. The molecule has 0 bridgehead atoms. The molecular weight excluding hydrogens is 298 g/mol. The Kier molecular flexibility index (Phi) is 3.74. The van der Waals surface area contributed by atoms with Crippen molar-refractivity contribution in [3.8, 4) is 0 Å². The van der Waals surface area contributed by atoms with Crippen LogP contribution in [0.15, 0.2) is 59.5 Å². The molecule has 2 aromatic carbocycles. The van der Waals surface area contributed by atoms with Gasteiger partial charge in [-0.25, -0.2) is 12.7 Å². The third-order valence-electron chi connectivity index (χ3n) is 3.68. The van der Waals surface area contributed by atoms with Gasteiger partial charge in [-0.1, -0.05) is 35.9 Å². The van der Waals surface area contributed by atoms with Gasteiger partial charge in [-0.05, 0) is 44.0 Å². The van der Waals surface area contributed by atoms with Crippen LogP contribution < -0.4 is 4.31 Å². The van der Waals surface area contributed by atoms with Crippen LogP contribution in [0.3, 0.4) is 0 Å². The van der Waals surface area contributed by atoms with Gasteiger partial charge in [-0.2, -0.15) is 0 Å². The van der Waals surface area contributed by atoms with Gasteiger partial charge in [0.1, 0.15) is 0 Å². The third kappa shape index (κ3) is 2.76. The fourth-order valence-corrected chi connectivity index (χ4v) is 3.74. The van der Waals surface area contributed by atoms with E-state index < -0.39 is 10.0 Å². The van der Waals surface area contributed by atoms with Gasteiger partial charge < -0.3 is 0 Å². The summed E-state index contributed by atoms with van der Waals surface area (Å²) in [6.45, 7) is 1.89. The molecule has 1 saturated carbocycles. The zero-order valence-corrected chi connectivity index (χ0v) is 13.1. The van der Waals surface area contributed by atoms with Gasteiger partial charge in [0.25, 0.3) is 10.0 Å². The van der Waals surface area contributed by atoms with Crippen LogP contribution in [-0.4, -0.2) is 14.3 Å². The van der Waals surface area contributed by atoms with Crippen LogP contribution in [0.2, 0.25) is 0 Å². The summed E-state index contributed by atoms with van der Waals surface area (Å²) in [5.74, 6) is -0.521. The SMILES string of the molecule is Cc1ccc(S(=O)(=O)N(C(=O)C2CC2)c2ccccc2)cc1. The molecule has 3 rings (SSSR count). The van der Waals surface area contributed by atoms with E-state index in [1.807, 2.05) is 6.92 Å². The molecule has 2 aromatic rings. The van der Waals surface area contributed by atoms with Gasteiger partial charge in [0, 0.05) is 5.92 Å².